The maximum atomic E-state index is 12.0. The van der Waals surface area contributed by atoms with Gasteiger partial charge in [0.1, 0.15) is 0 Å². The summed E-state index contributed by atoms with van der Waals surface area (Å²) in [5, 5.41) is 0. The van der Waals surface area contributed by atoms with Crippen molar-refractivity contribution in [2.45, 2.75) is 33.2 Å². The van der Waals surface area contributed by atoms with E-state index in [9.17, 15) is 4.79 Å². The molecular weight excluding hydrogens is 262 g/mol. The summed E-state index contributed by atoms with van der Waals surface area (Å²) in [5.41, 5.74) is 10.1. The van der Waals surface area contributed by atoms with Crippen LogP contribution in [0.5, 0.6) is 0 Å². The minimum absolute atomic E-state index is 0.397. The number of carbonyl (C=O) groups is 1. The molecule has 4 nitrogen and oxygen atoms in total. The van der Waals surface area contributed by atoms with Crippen LogP contribution in [0.15, 0.2) is 37.2 Å². The minimum atomic E-state index is -0.397. The first-order chi connectivity index (χ1) is 10.1. The molecule has 2 heterocycles. The second kappa shape index (κ2) is 6.39. The quantitative estimate of drug-likeness (QED) is 0.828. The van der Waals surface area contributed by atoms with Crippen LogP contribution in [0.4, 0.5) is 0 Å². The Bertz CT molecular complexity index is 656. The molecule has 21 heavy (non-hydrogen) atoms. The number of nitrogens with two attached hydrogens (primary N) is 1. The summed E-state index contributed by atoms with van der Waals surface area (Å²) >= 11 is 0. The molecule has 2 rings (SSSR count). The van der Waals surface area contributed by atoms with Crippen LogP contribution < -0.4 is 5.73 Å². The van der Waals surface area contributed by atoms with Crippen LogP contribution in [-0.4, -0.2) is 15.5 Å². The predicted molar refractivity (Wildman–Crippen MR) is 85.1 cm³/mol. The molecule has 0 aliphatic rings. The van der Waals surface area contributed by atoms with Gasteiger partial charge in [0.15, 0.2) is 0 Å². The van der Waals surface area contributed by atoms with Crippen molar-refractivity contribution in [3.63, 3.8) is 0 Å². The van der Waals surface area contributed by atoms with E-state index in [1.54, 1.807) is 12.4 Å². The summed E-state index contributed by atoms with van der Waals surface area (Å²) in [4.78, 5) is 16.1. The molecule has 0 fully saturated rings. The lowest BCUT2D eigenvalue weighted by Crippen LogP contribution is -2.13. The number of primary amides is 1. The van der Waals surface area contributed by atoms with Gasteiger partial charge in [-0.15, -0.1) is 6.58 Å². The third-order valence-corrected chi connectivity index (χ3v) is 3.63. The Kier molecular flexibility index (Phi) is 4.58. The zero-order valence-electron chi connectivity index (χ0n) is 12.6. The van der Waals surface area contributed by atoms with Gasteiger partial charge in [-0.25, -0.2) is 0 Å². The van der Waals surface area contributed by atoms with Gasteiger partial charge in [-0.2, -0.15) is 0 Å². The van der Waals surface area contributed by atoms with E-state index in [0.29, 0.717) is 12.1 Å². The lowest BCUT2D eigenvalue weighted by molar-refractivity contribution is 0.1000. The van der Waals surface area contributed by atoms with Gasteiger partial charge in [0.05, 0.1) is 5.56 Å². The number of hydrogen-bond donors (Lipinski definition) is 1. The largest absolute Gasteiger partial charge is 0.366 e. The second-order valence-electron chi connectivity index (χ2n) is 5.04. The zero-order chi connectivity index (χ0) is 15.4. The van der Waals surface area contributed by atoms with Gasteiger partial charge in [0.2, 0.25) is 0 Å². The SMILES string of the molecule is C=CCn1c(C)c(C(N)=O)c(-c2cccnc2)c1CCC. The van der Waals surface area contributed by atoms with Gasteiger partial charge < -0.3 is 10.3 Å². The summed E-state index contributed by atoms with van der Waals surface area (Å²) in [6, 6.07) is 3.83. The highest BCUT2D eigenvalue weighted by molar-refractivity contribution is 6.02. The van der Waals surface area contributed by atoms with Crippen molar-refractivity contribution in [3.8, 4) is 11.1 Å². The maximum absolute atomic E-state index is 12.0. The van der Waals surface area contributed by atoms with Gasteiger partial charge in [-0.1, -0.05) is 25.5 Å². The molecule has 0 atom stereocenters. The van der Waals surface area contributed by atoms with E-state index >= 15 is 0 Å². The molecule has 1 amide bonds. The Hall–Kier alpha value is -2.36. The van der Waals surface area contributed by atoms with Crippen molar-refractivity contribution in [1.82, 2.24) is 9.55 Å². The summed E-state index contributed by atoms with van der Waals surface area (Å²) in [6.45, 7) is 8.53. The number of aromatic nitrogens is 2. The van der Waals surface area contributed by atoms with Crippen molar-refractivity contribution >= 4 is 5.91 Å². The van der Waals surface area contributed by atoms with E-state index in [-0.39, 0.29) is 0 Å². The molecule has 0 bridgehead atoms. The van der Waals surface area contributed by atoms with Crippen LogP contribution >= 0.6 is 0 Å². The molecule has 0 unspecified atom stereocenters. The molecule has 0 radical (unpaired) electrons. The number of hydrogen-bond acceptors (Lipinski definition) is 2. The molecule has 0 saturated heterocycles. The molecule has 0 saturated carbocycles. The van der Waals surface area contributed by atoms with Crippen LogP contribution in [0.3, 0.4) is 0 Å². The highest BCUT2D eigenvalue weighted by Crippen LogP contribution is 2.33. The molecule has 0 aliphatic heterocycles. The first-order valence-corrected chi connectivity index (χ1v) is 7.14. The number of amides is 1. The topological polar surface area (TPSA) is 60.9 Å². The van der Waals surface area contributed by atoms with Gasteiger partial charge in [-0.3, -0.25) is 9.78 Å². The third-order valence-electron chi connectivity index (χ3n) is 3.63. The summed E-state index contributed by atoms with van der Waals surface area (Å²) in [6.07, 6.45) is 7.21. The monoisotopic (exact) mass is 283 g/mol. The zero-order valence-corrected chi connectivity index (χ0v) is 12.6. The number of pyridine rings is 1. The lowest BCUT2D eigenvalue weighted by atomic mass is 9.99. The minimum Gasteiger partial charge on any atom is -0.366 e. The van der Waals surface area contributed by atoms with E-state index in [4.69, 9.17) is 5.73 Å². The second-order valence-corrected chi connectivity index (χ2v) is 5.04. The van der Waals surface area contributed by atoms with Gasteiger partial charge in [-0.05, 0) is 19.4 Å². The maximum Gasteiger partial charge on any atom is 0.251 e. The average molecular weight is 283 g/mol. The average Bonchev–Trinajstić information content (AvgIpc) is 2.74. The lowest BCUT2D eigenvalue weighted by Gasteiger charge is -2.10. The number of rotatable bonds is 6. The molecule has 4 heteroatoms. The van der Waals surface area contributed by atoms with Crippen LogP contribution in [0.1, 0.15) is 35.1 Å². The summed E-state index contributed by atoms with van der Waals surface area (Å²) in [7, 11) is 0. The molecule has 2 N–H and O–H groups in total. The standard InChI is InChI=1S/C17H21N3O/c1-4-7-14-16(13-8-6-9-19-11-13)15(17(18)21)12(3)20(14)10-5-2/h5-6,8-9,11H,2,4,7,10H2,1,3H3,(H2,18,21). The van der Waals surface area contributed by atoms with Gasteiger partial charge in [0.25, 0.3) is 5.91 Å². The number of carbonyl (C=O) groups excluding carboxylic acids is 1. The summed E-state index contributed by atoms with van der Waals surface area (Å²) < 4.78 is 2.12. The van der Waals surface area contributed by atoms with Crippen LogP contribution in [0, 0.1) is 6.92 Å². The van der Waals surface area contributed by atoms with Gasteiger partial charge >= 0.3 is 0 Å². The van der Waals surface area contributed by atoms with E-state index in [2.05, 4.69) is 23.1 Å². The van der Waals surface area contributed by atoms with E-state index < -0.39 is 5.91 Å². The van der Waals surface area contributed by atoms with Gasteiger partial charge in [0, 0.05) is 41.5 Å². The number of allylic oxidation sites excluding steroid dienone is 1. The van der Waals surface area contributed by atoms with Crippen LogP contribution in [0.25, 0.3) is 11.1 Å². The first kappa shape index (κ1) is 15.0. The molecular formula is C17H21N3O. The van der Waals surface area contributed by atoms with Crippen molar-refractivity contribution < 1.29 is 4.79 Å². The van der Waals surface area contributed by atoms with E-state index in [0.717, 1.165) is 35.4 Å². The Morgan fingerprint density at radius 2 is 2.29 bits per heavy atom. The fraction of sp³-hybridized carbons (Fsp3) is 0.294. The van der Waals surface area contributed by atoms with Crippen molar-refractivity contribution in [2.24, 2.45) is 5.73 Å². The molecule has 0 spiro atoms. The van der Waals surface area contributed by atoms with E-state index in [1.165, 1.54) is 0 Å². The Morgan fingerprint density at radius 3 is 2.81 bits per heavy atom. The Labute approximate surface area is 125 Å². The van der Waals surface area contributed by atoms with Crippen molar-refractivity contribution in [1.29, 1.82) is 0 Å². The smallest absolute Gasteiger partial charge is 0.251 e. The Morgan fingerprint density at radius 1 is 1.52 bits per heavy atom. The van der Waals surface area contributed by atoms with Crippen molar-refractivity contribution in [3.05, 3.63) is 54.1 Å². The highest BCUT2D eigenvalue weighted by atomic mass is 16.1. The predicted octanol–water partition coefficient (Wildman–Crippen LogP) is 3.10. The van der Waals surface area contributed by atoms with Crippen LogP contribution in [-0.2, 0) is 13.0 Å². The third kappa shape index (κ3) is 2.75. The molecule has 2 aromatic heterocycles. The van der Waals surface area contributed by atoms with Crippen LogP contribution in [0.2, 0.25) is 0 Å². The highest BCUT2D eigenvalue weighted by Gasteiger charge is 2.23. The molecule has 110 valence electrons. The molecule has 0 aliphatic carbocycles. The number of nitrogens with zero attached hydrogens (tertiary/aromatic N) is 2. The Balaban J connectivity index is 2.78. The molecule has 2 aromatic rings. The van der Waals surface area contributed by atoms with E-state index in [1.807, 2.05) is 25.1 Å². The van der Waals surface area contributed by atoms with Crippen molar-refractivity contribution in [2.75, 3.05) is 0 Å². The molecule has 0 aromatic carbocycles. The first-order valence-electron chi connectivity index (χ1n) is 7.14. The fourth-order valence-corrected chi connectivity index (χ4v) is 2.79. The normalized spacial score (nSPS) is 10.6. The fourth-order valence-electron chi connectivity index (χ4n) is 2.79. The summed E-state index contributed by atoms with van der Waals surface area (Å²) in [5.74, 6) is -0.397.